The smallest absolute Gasteiger partial charge is 0.161 e. The Morgan fingerprint density at radius 1 is 1.44 bits per heavy atom. The Kier molecular flexibility index (Phi) is 7.20. The number of ether oxygens (including phenoxy) is 1. The van der Waals surface area contributed by atoms with Crippen molar-refractivity contribution in [3.8, 4) is 5.75 Å². The van der Waals surface area contributed by atoms with Gasteiger partial charge in [-0.1, -0.05) is 13.8 Å². The Morgan fingerprint density at radius 3 is 2.78 bits per heavy atom. The van der Waals surface area contributed by atoms with E-state index in [1.165, 1.54) is 5.69 Å². The number of nitrogens with one attached hydrogen (secondary N) is 1. The Bertz CT molecular complexity index is 311. The van der Waals surface area contributed by atoms with Crippen molar-refractivity contribution < 1.29 is 4.74 Å². The molecule has 5 heteroatoms. The van der Waals surface area contributed by atoms with Gasteiger partial charge in [0.15, 0.2) is 5.75 Å². The van der Waals surface area contributed by atoms with E-state index < -0.39 is 0 Å². The zero-order valence-electron chi connectivity index (χ0n) is 11.9. The molecule has 104 valence electrons. The first-order chi connectivity index (χ1) is 8.78. The minimum atomic E-state index is 0.312. The van der Waals surface area contributed by atoms with Gasteiger partial charge in [-0.25, -0.2) is 0 Å². The molecule has 0 fully saturated rings. The van der Waals surface area contributed by atoms with Gasteiger partial charge in [0.05, 0.1) is 25.0 Å². The van der Waals surface area contributed by atoms with Gasteiger partial charge >= 0.3 is 0 Å². The third-order valence-electron chi connectivity index (χ3n) is 2.82. The van der Waals surface area contributed by atoms with Crippen LogP contribution in [0.3, 0.4) is 0 Å². The summed E-state index contributed by atoms with van der Waals surface area (Å²) in [4.78, 5) is 0. The molecule has 0 aliphatic rings. The van der Waals surface area contributed by atoms with Gasteiger partial charge in [0.25, 0.3) is 0 Å². The number of nitrogens with zero attached hydrogens (tertiary/aromatic N) is 2. The van der Waals surface area contributed by atoms with Crippen LogP contribution in [0.1, 0.15) is 38.9 Å². The van der Waals surface area contributed by atoms with Gasteiger partial charge in [-0.15, -0.1) is 0 Å². The number of methoxy groups -OCH3 is 1. The standard InChI is InChI=1S/C13H25N3OS/c1-5-8-14-11(10-18-7-3)13-12(17-4)9-15-16(13)6-2/h9,11,14H,5-8,10H2,1-4H3. The summed E-state index contributed by atoms with van der Waals surface area (Å²) in [7, 11) is 1.71. The van der Waals surface area contributed by atoms with Gasteiger partial charge < -0.3 is 10.1 Å². The lowest BCUT2D eigenvalue weighted by Gasteiger charge is -2.20. The van der Waals surface area contributed by atoms with Gasteiger partial charge in [-0.05, 0) is 25.6 Å². The molecule has 0 spiro atoms. The fourth-order valence-electron chi connectivity index (χ4n) is 1.93. The van der Waals surface area contributed by atoms with E-state index in [2.05, 4.69) is 31.2 Å². The maximum Gasteiger partial charge on any atom is 0.161 e. The van der Waals surface area contributed by atoms with Crippen molar-refractivity contribution in [2.45, 2.75) is 39.8 Å². The third kappa shape index (κ3) is 3.92. The molecule has 1 aromatic rings. The third-order valence-corrected chi connectivity index (χ3v) is 3.80. The van der Waals surface area contributed by atoms with Crippen LogP contribution in [-0.4, -0.2) is 34.9 Å². The summed E-state index contributed by atoms with van der Waals surface area (Å²) in [5.41, 5.74) is 1.18. The first kappa shape index (κ1) is 15.4. The second kappa shape index (κ2) is 8.43. The van der Waals surface area contributed by atoms with Crippen molar-refractivity contribution in [3.63, 3.8) is 0 Å². The van der Waals surface area contributed by atoms with E-state index in [0.717, 1.165) is 36.8 Å². The summed E-state index contributed by atoms with van der Waals surface area (Å²) in [6.45, 7) is 8.38. The number of hydrogen-bond acceptors (Lipinski definition) is 4. The van der Waals surface area contributed by atoms with Crippen LogP contribution in [0.2, 0.25) is 0 Å². The largest absolute Gasteiger partial charge is 0.493 e. The molecular formula is C13H25N3OS. The Labute approximate surface area is 114 Å². The minimum absolute atomic E-state index is 0.312. The second-order valence-electron chi connectivity index (χ2n) is 4.08. The maximum absolute atomic E-state index is 5.44. The van der Waals surface area contributed by atoms with Crippen molar-refractivity contribution >= 4 is 11.8 Å². The molecule has 0 saturated heterocycles. The van der Waals surface area contributed by atoms with E-state index in [0.29, 0.717) is 6.04 Å². The molecule has 4 nitrogen and oxygen atoms in total. The number of thioether (sulfide) groups is 1. The number of hydrogen-bond donors (Lipinski definition) is 1. The van der Waals surface area contributed by atoms with Gasteiger partial charge in [0.2, 0.25) is 0 Å². The molecule has 1 N–H and O–H groups in total. The predicted molar refractivity (Wildman–Crippen MR) is 78.5 cm³/mol. The SMILES string of the molecule is CCCNC(CSCC)c1c(OC)cnn1CC. The van der Waals surface area contributed by atoms with E-state index in [4.69, 9.17) is 4.74 Å². The molecule has 1 heterocycles. The lowest BCUT2D eigenvalue weighted by Crippen LogP contribution is -2.27. The second-order valence-corrected chi connectivity index (χ2v) is 5.40. The van der Waals surface area contributed by atoms with E-state index in [1.807, 2.05) is 22.6 Å². The molecule has 1 unspecified atom stereocenters. The highest BCUT2D eigenvalue weighted by molar-refractivity contribution is 7.99. The quantitative estimate of drug-likeness (QED) is 0.749. The first-order valence-corrected chi connectivity index (χ1v) is 7.84. The minimum Gasteiger partial charge on any atom is -0.493 e. The molecule has 0 aromatic carbocycles. The first-order valence-electron chi connectivity index (χ1n) is 6.69. The van der Waals surface area contributed by atoms with E-state index >= 15 is 0 Å². The molecule has 1 atom stereocenters. The maximum atomic E-state index is 5.44. The van der Waals surface area contributed by atoms with Crippen LogP contribution in [0, 0.1) is 0 Å². The normalized spacial score (nSPS) is 12.7. The summed E-state index contributed by atoms with van der Waals surface area (Å²) in [6, 6.07) is 0.312. The van der Waals surface area contributed by atoms with Crippen LogP contribution in [-0.2, 0) is 6.54 Å². The van der Waals surface area contributed by atoms with Crippen LogP contribution >= 0.6 is 11.8 Å². The predicted octanol–water partition coefficient (Wildman–Crippen LogP) is 2.71. The van der Waals surface area contributed by atoms with Crippen LogP contribution < -0.4 is 10.1 Å². The lowest BCUT2D eigenvalue weighted by atomic mass is 10.2. The van der Waals surface area contributed by atoms with E-state index in [1.54, 1.807) is 7.11 Å². The molecule has 18 heavy (non-hydrogen) atoms. The number of aromatic nitrogens is 2. The fraction of sp³-hybridized carbons (Fsp3) is 0.769. The molecule has 0 saturated carbocycles. The Balaban J connectivity index is 2.90. The van der Waals surface area contributed by atoms with Crippen molar-refractivity contribution in [1.29, 1.82) is 0 Å². The van der Waals surface area contributed by atoms with Crippen molar-refractivity contribution in [1.82, 2.24) is 15.1 Å². The highest BCUT2D eigenvalue weighted by Crippen LogP contribution is 2.27. The van der Waals surface area contributed by atoms with Gasteiger partial charge in [-0.3, -0.25) is 4.68 Å². The van der Waals surface area contributed by atoms with E-state index in [-0.39, 0.29) is 0 Å². The van der Waals surface area contributed by atoms with Crippen molar-refractivity contribution in [2.24, 2.45) is 0 Å². The highest BCUT2D eigenvalue weighted by Gasteiger charge is 2.20. The molecule has 0 aliphatic heterocycles. The molecule has 1 rings (SSSR count). The zero-order valence-corrected chi connectivity index (χ0v) is 12.7. The topological polar surface area (TPSA) is 39.1 Å². The van der Waals surface area contributed by atoms with Crippen LogP contribution in [0.5, 0.6) is 5.75 Å². The van der Waals surface area contributed by atoms with E-state index in [9.17, 15) is 0 Å². The average Bonchev–Trinajstić information content (AvgIpc) is 2.82. The molecule has 0 radical (unpaired) electrons. The average molecular weight is 271 g/mol. The van der Waals surface area contributed by atoms with Crippen LogP contribution in [0.25, 0.3) is 0 Å². The molecule has 0 aliphatic carbocycles. The summed E-state index contributed by atoms with van der Waals surface area (Å²) in [5, 5.41) is 7.98. The molecule has 0 bridgehead atoms. The summed E-state index contributed by atoms with van der Waals surface area (Å²) in [6.07, 6.45) is 2.95. The summed E-state index contributed by atoms with van der Waals surface area (Å²) in [5.74, 6) is 3.08. The Hall–Kier alpha value is -0.680. The highest BCUT2D eigenvalue weighted by atomic mass is 32.2. The van der Waals surface area contributed by atoms with Crippen LogP contribution in [0.15, 0.2) is 6.20 Å². The summed E-state index contributed by atoms with van der Waals surface area (Å²) < 4.78 is 7.47. The van der Waals surface area contributed by atoms with Crippen molar-refractivity contribution in [3.05, 3.63) is 11.9 Å². The molecule has 1 aromatic heterocycles. The summed E-state index contributed by atoms with van der Waals surface area (Å²) >= 11 is 1.94. The number of aryl methyl sites for hydroxylation is 1. The van der Waals surface area contributed by atoms with Gasteiger partial charge in [-0.2, -0.15) is 16.9 Å². The molecule has 0 amide bonds. The van der Waals surface area contributed by atoms with Crippen LogP contribution in [0.4, 0.5) is 0 Å². The molecular weight excluding hydrogens is 246 g/mol. The zero-order chi connectivity index (χ0) is 13.4. The van der Waals surface area contributed by atoms with Gasteiger partial charge in [0.1, 0.15) is 0 Å². The van der Waals surface area contributed by atoms with Crippen molar-refractivity contribution in [2.75, 3.05) is 25.2 Å². The Morgan fingerprint density at radius 2 is 2.22 bits per heavy atom. The van der Waals surface area contributed by atoms with Gasteiger partial charge in [0, 0.05) is 12.3 Å². The number of rotatable bonds is 9. The lowest BCUT2D eigenvalue weighted by molar-refractivity contribution is 0.396. The fourth-order valence-corrected chi connectivity index (χ4v) is 2.67. The monoisotopic (exact) mass is 271 g/mol.